The summed E-state index contributed by atoms with van der Waals surface area (Å²) in [4.78, 5) is 58.8. The monoisotopic (exact) mass is 603 g/mol. The highest BCUT2D eigenvalue weighted by Crippen LogP contribution is 2.64. The van der Waals surface area contributed by atoms with Crippen LogP contribution >= 0.6 is 0 Å². The summed E-state index contributed by atoms with van der Waals surface area (Å²) in [5, 5.41) is 11.8. The summed E-state index contributed by atoms with van der Waals surface area (Å²) in [5.74, 6) is -4.20. The average molecular weight is 604 g/mol. The summed E-state index contributed by atoms with van der Waals surface area (Å²) in [5.41, 5.74) is 4.97. The fraction of sp³-hybridized carbons (Fsp3) is 0.351. The molecule has 3 fully saturated rings. The van der Waals surface area contributed by atoms with Crippen molar-refractivity contribution in [2.24, 2.45) is 23.7 Å². The number of aryl methyl sites for hydroxylation is 1. The van der Waals surface area contributed by atoms with Crippen LogP contribution in [0.15, 0.2) is 90.5 Å². The van der Waals surface area contributed by atoms with Crippen LogP contribution in [-0.4, -0.2) is 44.2 Å². The highest BCUT2D eigenvalue weighted by Gasteiger charge is 2.70. The Balaban J connectivity index is 1.44. The molecule has 6 atom stereocenters. The molecule has 8 nitrogen and oxygen atoms in total. The number of amides is 4. The Hall–Kier alpha value is -4.72. The quantitative estimate of drug-likeness (QED) is 0.302. The number of carbonyl (C=O) groups is 4. The fourth-order valence-electron chi connectivity index (χ4n) is 8.49. The van der Waals surface area contributed by atoms with E-state index in [2.05, 4.69) is 5.43 Å². The molecule has 3 aromatic carbocycles. The maximum atomic E-state index is 15.0. The number of nitrogens with one attached hydrogen (secondary N) is 1. The zero-order valence-corrected chi connectivity index (χ0v) is 25.9. The molecule has 2 heterocycles. The number of hydrogen-bond acceptors (Lipinski definition) is 6. The van der Waals surface area contributed by atoms with Gasteiger partial charge < -0.3 is 5.11 Å². The lowest BCUT2D eigenvalue weighted by atomic mass is 9.49. The zero-order chi connectivity index (χ0) is 31.8. The van der Waals surface area contributed by atoms with E-state index in [1.165, 1.54) is 4.90 Å². The van der Waals surface area contributed by atoms with Crippen molar-refractivity contribution < 1.29 is 24.3 Å². The number of anilines is 1. The number of imide groups is 2. The van der Waals surface area contributed by atoms with Crippen molar-refractivity contribution in [1.82, 2.24) is 9.91 Å². The molecule has 2 N–H and O–H groups in total. The molecule has 2 aliphatic carbocycles. The van der Waals surface area contributed by atoms with Crippen LogP contribution in [0, 0.1) is 30.6 Å². The Morgan fingerprint density at radius 1 is 0.844 bits per heavy atom. The Labute approximate surface area is 262 Å². The minimum absolute atomic E-state index is 0.0427. The van der Waals surface area contributed by atoms with Gasteiger partial charge in [0.15, 0.2) is 0 Å². The second-order valence-corrected chi connectivity index (χ2v) is 13.9. The van der Waals surface area contributed by atoms with Crippen LogP contribution in [0.3, 0.4) is 0 Å². The number of aromatic hydroxyl groups is 1. The summed E-state index contributed by atoms with van der Waals surface area (Å²) in [6.07, 6.45) is 2.64. The third-order valence-corrected chi connectivity index (χ3v) is 10.3. The molecule has 7 rings (SSSR count). The van der Waals surface area contributed by atoms with Crippen molar-refractivity contribution >= 4 is 29.3 Å². The molecule has 4 aliphatic rings. The highest BCUT2D eigenvalue weighted by molar-refractivity contribution is 6.13. The van der Waals surface area contributed by atoms with Crippen molar-refractivity contribution in [2.45, 2.75) is 57.4 Å². The van der Waals surface area contributed by atoms with Crippen LogP contribution < -0.4 is 5.43 Å². The number of allylic oxidation sites excluding steroid dienone is 2. The van der Waals surface area contributed by atoms with E-state index in [1.807, 2.05) is 94.4 Å². The molecule has 45 heavy (non-hydrogen) atoms. The first-order valence-corrected chi connectivity index (χ1v) is 15.6. The number of fused-ring (bicyclic) bond motifs is 4. The second-order valence-electron chi connectivity index (χ2n) is 13.9. The first-order chi connectivity index (χ1) is 21.4. The molecule has 1 saturated carbocycles. The standard InChI is InChI=1S/C37H37N3O5/c1-21-13-15-24(16-14-21)38-40-33(43)29-20-28-26(17-18-27-30(28)34(44)39(32(27)42)36(2,3)4)31(22-9-8-12-25(41)19-22)37(29,35(40)45)23-10-6-5-7-11-23/h5-17,19,27-31,38,41H,18,20H2,1-4H3. The lowest BCUT2D eigenvalue weighted by Crippen LogP contribution is -2.53. The van der Waals surface area contributed by atoms with Gasteiger partial charge in [-0.25, -0.2) is 0 Å². The SMILES string of the molecule is Cc1ccc(NN2C(=O)C3CC4C(=CCC5C(=O)N(C(C)(C)C)C(=O)C54)C(c4cccc(O)c4)C3(c3ccccc3)C2=O)cc1. The Morgan fingerprint density at radius 3 is 2.22 bits per heavy atom. The van der Waals surface area contributed by atoms with E-state index in [-0.39, 0.29) is 35.8 Å². The van der Waals surface area contributed by atoms with Gasteiger partial charge in [0.25, 0.3) is 11.8 Å². The number of hydrogen-bond donors (Lipinski definition) is 2. The molecule has 0 aromatic heterocycles. The first kappa shape index (κ1) is 29.0. The zero-order valence-electron chi connectivity index (χ0n) is 25.9. The van der Waals surface area contributed by atoms with Crippen LogP contribution in [0.25, 0.3) is 0 Å². The molecule has 0 spiro atoms. The van der Waals surface area contributed by atoms with Gasteiger partial charge in [0.1, 0.15) is 5.75 Å². The molecule has 2 saturated heterocycles. The summed E-state index contributed by atoms with van der Waals surface area (Å²) in [6, 6.07) is 23.7. The van der Waals surface area contributed by atoms with Crippen LogP contribution in [0.5, 0.6) is 5.75 Å². The van der Waals surface area contributed by atoms with Gasteiger partial charge in [-0.3, -0.25) is 29.5 Å². The molecule has 230 valence electrons. The van der Waals surface area contributed by atoms with Crippen LogP contribution in [0.2, 0.25) is 0 Å². The van der Waals surface area contributed by atoms with Gasteiger partial charge in [0, 0.05) is 11.5 Å². The van der Waals surface area contributed by atoms with Gasteiger partial charge in [0.05, 0.1) is 28.9 Å². The number of likely N-dealkylation sites (tertiary alicyclic amines) is 1. The summed E-state index contributed by atoms with van der Waals surface area (Å²) in [7, 11) is 0. The van der Waals surface area contributed by atoms with Crippen LogP contribution in [0.4, 0.5) is 5.69 Å². The van der Waals surface area contributed by atoms with E-state index in [0.29, 0.717) is 23.2 Å². The Morgan fingerprint density at radius 2 is 1.56 bits per heavy atom. The molecule has 8 heteroatoms. The van der Waals surface area contributed by atoms with E-state index in [4.69, 9.17) is 0 Å². The van der Waals surface area contributed by atoms with E-state index < -0.39 is 40.5 Å². The van der Waals surface area contributed by atoms with Gasteiger partial charge in [-0.1, -0.05) is 71.8 Å². The molecule has 4 amide bonds. The van der Waals surface area contributed by atoms with E-state index in [0.717, 1.165) is 16.1 Å². The van der Waals surface area contributed by atoms with E-state index in [9.17, 15) is 19.5 Å². The normalized spacial score (nSPS) is 29.3. The number of hydrazine groups is 1. The molecular formula is C37H37N3O5. The summed E-state index contributed by atoms with van der Waals surface area (Å²) >= 11 is 0. The number of benzene rings is 3. The molecular weight excluding hydrogens is 566 g/mol. The van der Waals surface area contributed by atoms with Gasteiger partial charge in [0.2, 0.25) is 11.8 Å². The van der Waals surface area contributed by atoms with Gasteiger partial charge in [-0.2, -0.15) is 5.01 Å². The Bertz CT molecular complexity index is 1760. The van der Waals surface area contributed by atoms with Gasteiger partial charge >= 0.3 is 0 Å². The topological polar surface area (TPSA) is 107 Å². The Kier molecular flexibility index (Phi) is 6.55. The number of carbonyl (C=O) groups excluding carboxylic acids is 4. The predicted octanol–water partition coefficient (Wildman–Crippen LogP) is 5.48. The maximum Gasteiger partial charge on any atom is 0.260 e. The molecule has 2 aliphatic heterocycles. The van der Waals surface area contributed by atoms with Crippen molar-refractivity contribution in [2.75, 3.05) is 5.43 Å². The maximum absolute atomic E-state index is 15.0. The number of phenols is 1. The number of nitrogens with zero attached hydrogens (tertiary/aromatic N) is 2. The second kappa shape index (κ2) is 10.2. The molecule has 0 bridgehead atoms. The largest absolute Gasteiger partial charge is 0.508 e. The number of rotatable bonds is 4. The fourth-order valence-corrected chi connectivity index (χ4v) is 8.49. The number of phenolic OH excluding ortho intramolecular Hbond substituents is 1. The summed E-state index contributed by atoms with van der Waals surface area (Å²) in [6.45, 7) is 7.55. The predicted molar refractivity (Wildman–Crippen MR) is 169 cm³/mol. The minimum atomic E-state index is -1.35. The molecule has 3 aromatic rings. The lowest BCUT2D eigenvalue weighted by Gasteiger charge is -2.50. The van der Waals surface area contributed by atoms with Crippen LogP contribution in [-0.2, 0) is 24.6 Å². The summed E-state index contributed by atoms with van der Waals surface area (Å²) < 4.78 is 0. The van der Waals surface area contributed by atoms with Gasteiger partial charge in [-0.05, 0) is 81.8 Å². The minimum Gasteiger partial charge on any atom is -0.508 e. The van der Waals surface area contributed by atoms with Crippen molar-refractivity contribution in [3.8, 4) is 5.75 Å². The molecule has 0 radical (unpaired) electrons. The van der Waals surface area contributed by atoms with Gasteiger partial charge in [-0.15, -0.1) is 0 Å². The smallest absolute Gasteiger partial charge is 0.260 e. The average Bonchev–Trinajstić information content (AvgIpc) is 3.40. The van der Waals surface area contributed by atoms with Crippen molar-refractivity contribution in [3.05, 3.63) is 107 Å². The van der Waals surface area contributed by atoms with Crippen LogP contribution in [0.1, 0.15) is 56.2 Å². The van der Waals surface area contributed by atoms with E-state index >= 15 is 4.79 Å². The molecule has 6 unspecified atom stereocenters. The third-order valence-electron chi connectivity index (χ3n) is 10.3. The van der Waals surface area contributed by atoms with Crippen molar-refractivity contribution in [3.63, 3.8) is 0 Å². The first-order valence-electron chi connectivity index (χ1n) is 15.6. The van der Waals surface area contributed by atoms with E-state index in [1.54, 1.807) is 18.2 Å². The van der Waals surface area contributed by atoms with Crippen molar-refractivity contribution in [1.29, 1.82) is 0 Å². The third kappa shape index (κ3) is 4.18. The highest BCUT2D eigenvalue weighted by atomic mass is 16.3. The lowest BCUT2D eigenvalue weighted by molar-refractivity contribution is -0.146.